The maximum atomic E-state index is 12.6. The largest absolute Gasteiger partial charge is 0.465 e. The molecule has 1 N–H and O–H groups in total. The summed E-state index contributed by atoms with van der Waals surface area (Å²) in [5.74, 6) is -0.583. The van der Waals surface area contributed by atoms with Crippen LogP contribution in [0.5, 0.6) is 0 Å². The lowest BCUT2D eigenvalue weighted by atomic mass is 9.94. The standard InChI is InChI=1S/C19H26N2O4/c1-24-18(23)16-6-4-5-15(13-16)17(22)20-14-19(7-2-3-8-19)21-9-11-25-12-10-21/h4-6,13H,2-3,7-12,14H2,1H3,(H,20,22). The summed E-state index contributed by atoms with van der Waals surface area (Å²) in [6, 6.07) is 6.65. The van der Waals surface area contributed by atoms with Crippen LogP contribution in [-0.4, -0.2) is 62.3 Å². The van der Waals surface area contributed by atoms with Gasteiger partial charge in [0.25, 0.3) is 5.91 Å². The summed E-state index contributed by atoms with van der Waals surface area (Å²) in [5.41, 5.74) is 0.913. The molecule has 0 bridgehead atoms. The minimum Gasteiger partial charge on any atom is -0.465 e. The van der Waals surface area contributed by atoms with Crippen molar-refractivity contribution >= 4 is 11.9 Å². The van der Waals surface area contributed by atoms with Crippen molar-refractivity contribution in [1.82, 2.24) is 10.2 Å². The van der Waals surface area contributed by atoms with Crippen molar-refractivity contribution in [1.29, 1.82) is 0 Å². The molecule has 0 aromatic heterocycles. The molecule has 2 fully saturated rings. The Kier molecular flexibility index (Phi) is 5.71. The molecule has 0 spiro atoms. The van der Waals surface area contributed by atoms with Gasteiger partial charge >= 0.3 is 5.97 Å². The molecule has 0 unspecified atom stereocenters. The average Bonchev–Trinajstić information content (AvgIpc) is 3.16. The lowest BCUT2D eigenvalue weighted by Crippen LogP contribution is -2.57. The smallest absolute Gasteiger partial charge is 0.337 e. The number of nitrogens with one attached hydrogen (secondary N) is 1. The first-order chi connectivity index (χ1) is 12.1. The van der Waals surface area contributed by atoms with Gasteiger partial charge in [-0.05, 0) is 31.0 Å². The van der Waals surface area contributed by atoms with Crippen LogP contribution in [0.25, 0.3) is 0 Å². The van der Waals surface area contributed by atoms with E-state index < -0.39 is 5.97 Å². The van der Waals surface area contributed by atoms with Crippen molar-refractivity contribution in [3.8, 4) is 0 Å². The van der Waals surface area contributed by atoms with Gasteiger partial charge in [-0.3, -0.25) is 9.69 Å². The summed E-state index contributed by atoms with van der Waals surface area (Å²) < 4.78 is 10.2. The van der Waals surface area contributed by atoms with E-state index in [1.54, 1.807) is 24.3 Å². The topological polar surface area (TPSA) is 67.9 Å². The van der Waals surface area contributed by atoms with Crippen LogP contribution in [0, 0.1) is 0 Å². The predicted molar refractivity (Wildman–Crippen MR) is 93.7 cm³/mol. The number of benzene rings is 1. The number of hydrogen-bond donors (Lipinski definition) is 1. The Morgan fingerprint density at radius 1 is 1.20 bits per heavy atom. The van der Waals surface area contributed by atoms with E-state index in [4.69, 9.17) is 9.47 Å². The van der Waals surface area contributed by atoms with Gasteiger partial charge in [-0.15, -0.1) is 0 Å². The number of nitrogens with zero attached hydrogens (tertiary/aromatic N) is 1. The number of hydrogen-bond acceptors (Lipinski definition) is 5. The van der Waals surface area contributed by atoms with E-state index in [0.29, 0.717) is 17.7 Å². The first kappa shape index (κ1) is 17.9. The van der Waals surface area contributed by atoms with E-state index >= 15 is 0 Å². The molecule has 1 aromatic rings. The zero-order chi connectivity index (χ0) is 17.7. The van der Waals surface area contributed by atoms with E-state index in [0.717, 1.165) is 39.1 Å². The van der Waals surface area contributed by atoms with Gasteiger partial charge in [0.05, 0.1) is 25.9 Å². The number of amides is 1. The Morgan fingerprint density at radius 2 is 1.88 bits per heavy atom. The highest BCUT2D eigenvalue weighted by Gasteiger charge is 2.40. The van der Waals surface area contributed by atoms with E-state index in [2.05, 4.69) is 10.2 Å². The maximum absolute atomic E-state index is 12.6. The Labute approximate surface area is 148 Å². The third kappa shape index (κ3) is 4.02. The van der Waals surface area contributed by atoms with Gasteiger partial charge < -0.3 is 14.8 Å². The van der Waals surface area contributed by atoms with Crippen LogP contribution in [-0.2, 0) is 9.47 Å². The lowest BCUT2D eigenvalue weighted by molar-refractivity contribution is -0.0199. The highest BCUT2D eigenvalue weighted by molar-refractivity contribution is 5.97. The van der Waals surface area contributed by atoms with E-state index in [1.165, 1.54) is 20.0 Å². The summed E-state index contributed by atoms with van der Waals surface area (Å²) in [7, 11) is 1.33. The van der Waals surface area contributed by atoms with Crippen LogP contribution >= 0.6 is 0 Å². The molecule has 1 saturated carbocycles. The molecule has 136 valence electrons. The second kappa shape index (κ2) is 7.97. The number of methoxy groups -OCH3 is 1. The number of carbonyl (C=O) groups excluding carboxylic acids is 2. The van der Waals surface area contributed by atoms with Gasteiger partial charge in [0.15, 0.2) is 0 Å². The molecule has 3 rings (SSSR count). The third-order valence-electron chi connectivity index (χ3n) is 5.34. The van der Waals surface area contributed by atoms with Crippen molar-refractivity contribution in [2.45, 2.75) is 31.2 Å². The second-order valence-corrected chi connectivity index (χ2v) is 6.79. The molecular weight excluding hydrogens is 320 g/mol. The number of rotatable bonds is 5. The number of carbonyl (C=O) groups is 2. The maximum Gasteiger partial charge on any atom is 0.337 e. The zero-order valence-electron chi connectivity index (χ0n) is 14.8. The van der Waals surface area contributed by atoms with Gasteiger partial charge in [0.1, 0.15) is 0 Å². The molecule has 1 heterocycles. The fourth-order valence-electron chi connectivity index (χ4n) is 3.93. The summed E-state index contributed by atoms with van der Waals surface area (Å²) in [5, 5.41) is 3.09. The summed E-state index contributed by atoms with van der Waals surface area (Å²) >= 11 is 0. The minimum absolute atomic E-state index is 0.0411. The molecule has 0 radical (unpaired) electrons. The third-order valence-corrected chi connectivity index (χ3v) is 5.34. The normalized spacial score (nSPS) is 20.2. The minimum atomic E-state index is -0.435. The van der Waals surface area contributed by atoms with Crippen molar-refractivity contribution < 1.29 is 19.1 Å². The van der Waals surface area contributed by atoms with Crippen LogP contribution in [0.2, 0.25) is 0 Å². The summed E-state index contributed by atoms with van der Waals surface area (Å²) in [6.07, 6.45) is 4.61. The van der Waals surface area contributed by atoms with Gasteiger partial charge in [0, 0.05) is 30.7 Å². The van der Waals surface area contributed by atoms with Crippen LogP contribution < -0.4 is 5.32 Å². The average molecular weight is 346 g/mol. The fraction of sp³-hybridized carbons (Fsp3) is 0.579. The Hall–Kier alpha value is -1.92. The van der Waals surface area contributed by atoms with Gasteiger partial charge in [-0.25, -0.2) is 4.79 Å². The Bertz CT molecular complexity index is 620. The molecule has 1 saturated heterocycles. The van der Waals surface area contributed by atoms with E-state index in [1.807, 2.05) is 0 Å². The molecule has 2 aliphatic rings. The summed E-state index contributed by atoms with van der Waals surface area (Å²) in [4.78, 5) is 26.7. The second-order valence-electron chi connectivity index (χ2n) is 6.79. The van der Waals surface area contributed by atoms with Gasteiger partial charge in [0.2, 0.25) is 0 Å². The van der Waals surface area contributed by atoms with Crippen molar-refractivity contribution in [3.05, 3.63) is 35.4 Å². The van der Waals surface area contributed by atoms with Gasteiger partial charge in [-0.1, -0.05) is 18.9 Å². The Morgan fingerprint density at radius 3 is 2.56 bits per heavy atom. The molecule has 0 atom stereocenters. The zero-order valence-corrected chi connectivity index (χ0v) is 14.8. The van der Waals surface area contributed by atoms with Crippen LogP contribution in [0.4, 0.5) is 0 Å². The monoisotopic (exact) mass is 346 g/mol. The fourth-order valence-corrected chi connectivity index (χ4v) is 3.93. The van der Waals surface area contributed by atoms with Crippen LogP contribution in [0.1, 0.15) is 46.4 Å². The molecule has 1 aliphatic carbocycles. The van der Waals surface area contributed by atoms with Crippen molar-refractivity contribution in [2.75, 3.05) is 40.0 Å². The molecule has 1 aromatic carbocycles. The van der Waals surface area contributed by atoms with E-state index in [-0.39, 0.29) is 11.4 Å². The molecule has 25 heavy (non-hydrogen) atoms. The summed E-state index contributed by atoms with van der Waals surface area (Å²) in [6.45, 7) is 4.00. The quantitative estimate of drug-likeness (QED) is 0.824. The first-order valence-corrected chi connectivity index (χ1v) is 8.94. The number of morpholine rings is 1. The predicted octanol–water partition coefficient (Wildman–Crippen LogP) is 1.85. The van der Waals surface area contributed by atoms with Crippen LogP contribution in [0.3, 0.4) is 0 Å². The van der Waals surface area contributed by atoms with Crippen molar-refractivity contribution in [3.63, 3.8) is 0 Å². The van der Waals surface area contributed by atoms with Crippen LogP contribution in [0.15, 0.2) is 24.3 Å². The Balaban J connectivity index is 1.67. The SMILES string of the molecule is COC(=O)c1cccc(C(=O)NCC2(N3CCOCC3)CCCC2)c1. The molecule has 6 nitrogen and oxygen atoms in total. The highest BCUT2D eigenvalue weighted by Crippen LogP contribution is 2.35. The molecule has 1 amide bonds. The highest BCUT2D eigenvalue weighted by atomic mass is 16.5. The molecular formula is C19H26N2O4. The number of ether oxygens (including phenoxy) is 2. The number of esters is 1. The van der Waals surface area contributed by atoms with Crippen molar-refractivity contribution in [2.24, 2.45) is 0 Å². The van der Waals surface area contributed by atoms with Gasteiger partial charge in [-0.2, -0.15) is 0 Å². The first-order valence-electron chi connectivity index (χ1n) is 8.94. The molecule has 6 heteroatoms. The molecule has 1 aliphatic heterocycles. The lowest BCUT2D eigenvalue weighted by Gasteiger charge is -2.43. The van der Waals surface area contributed by atoms with E-state index in [9.17, 15) is 9.59 Å².